The van der Waals surface area contributed by atoms with Crippen LogP contribution < -0.4 is 5.32 Å². The van der Waals surface area contributed by atoms with Gasteiger partial charge >= 0.3 is 0 Å². The third-order valence-corrected chi connectivity index (χ3v) is 4.20. The number of carbonyl (C=O) groups is 1. The monoisotopic (exact) mass is 301 g/mol. The molecule has 0 unspecified atom stereocenters. The molecule has 0 spiro atoms. The summed E-state index contributed by atoms with van der Waals surface area (Å²) in [7, 11) is 0. The van der Waals surface area contributed by atoms with Gasteiger partial charge in [-0.15, -0.1) is 12.6 Å². The first kappa shape index (κ1) is 14.1. The van der Waals surface area contributed by atoms with E-state index in [9.17, 15) is 9.18 Å². The standard InChI is InChI=1S/C17H16FNOS/c18-14-9-8-12(10-16(14)21)17(20)19-15-7-3-5-11-4-1-2-6-13(11)15/h3,5,7-10,21H,1-2,4,6H2,(H,19,20). The summed E-state index contributed by atoms with van der Waals surface area (Å²) < 4.78 is 13.2. The third-order valence-electron chi connectivity index (χ3n) is 3.85. The molecule has 0 saturated heterocycles. The molecule has 108 valence electrons. The van der Waals surface area contributed by atoms with Crippen LogP contribution in [0.4, 0.5) is 10.1 Å². The van der Waals surface area contributed by atoms with Gasteiger partial charge in [-0.2, -0.15) is 0 Å². The van der Waals surface area contributed by atoms with Gasteiger partial charge in [0.25, 0.3) is 5.91 Å². The Kier molecular flexibility index (Phi) is 3.97. The van der Waals surface area contributed by atoms with Crippen molar-refractivity contribution in [3.63, 3.8) is 0 Å². The van der Waals surface area contributed by atoms with E-state index in [1.165, 1.54) is 35.7 Å². The Morgan fingerprint density at radius 2 is 1.95 bits per heavy atom. The number of thiol groups is 1. The summed E-state index contributed by atoms with van der Waals surface area (Å²) in [6, 6.07) is 10.2. The molecule has 2 aromatic rings. The zero-order valence-corrected chi connectivity index (χ0v) is 12.4. The molecule has 0 aromatic heterocycles. The molecule has 0 saturated carbocycles. The number of hydrogen-bond acceptors (Lipinski definition) is 2. The van der Waals surface area contributed by atoms with E-state index in [0.29, 0.717) is 5.56 Å². The Balaban J connectivity index is 1.86. The van der Waals surface area contributed by atoms with Gasteiger partial charge in [-0.05, 0) is 61.1 Å². The fourth-order valence-electron chi connectivity index (χ4n) is 2.75. The van der Waals surface area contributed by atoms with E-state index in [2.05, 4.69) is 24.0 Å². The van der Waals surface area contributed by atoms with E-state index in [1.54, 1.807) is 0 Å². The molecule has 1 aliphatic carbocycles. The molecule has 4 heteroatoms. The number of fused-ring (bicyclic) bond motifs is 1. The number of hydrogen-bond donors (Lipinski definition) is 2. The van der Waals surface area contributed by atoms with Crippen molar-refractivity contribution >= 4 is 24.2 Å². The van der Waals surface area contributed by atoms with Crippen molar-refractivity contribution in [1.29, 1.82) is 0 Å². The minimum Gasteiger partial charge on any atom is -0.322 e. The van der Waals surface area contributed by atoms with Crippen LogP contribution in [0.2, 0.25) is 0 Å². The Morgan fingerprint density at radius 3 is 2.76 bits per heavy atom. The van der Waals surface area contributed by atoms with Crippen LogP contribution in [0, 0.1) is 5.82 Å². The minimum absolute atomic E-state index is 0.178. The van der Waals surface area contributed by atoms with E-state index in [-0.39, 0.29) is 10.8 Å². The average molecular weight is 301 g/mol. The van der Waals surface area contributed by atoms with Crippen LogP contribution >= 0.6 is 12.6 Å². The lowest BCUT2D eigenvalue weighted by atomic mass is 9.90. The summed E-state index contributed by atoms with van der Waals surface area (Å²) >= 11 is 4.01. The lowest BCUT2D eigenvalue weighted by molar-refractivity contribution is 0.102. The van der Waals surface area contributed by atoms with E-state index < -0.39 is 5.82 Å². The number of halogens is 1. The zero-order valence-electron chi connectivity index (χ0n) is 11.5. The number of amides is 1. The Morgan fingerprint density at radius 1 is 1.14 bits per heavy atom. The van der Waals surface area contributed by atoms with Crippen molar-refractivity contribution in [3.05, 3.63) is 58.9 Å². The summed E-state index contributed by atoms with van der Waals surface area (Å²) in [5, 5.41) is 2.94. The van der Waals surface area contributed by atoms with Crippen molar-refractivity contribution in [1.82, 2.24) is 0 Å². The maximum atomic E-state index is 13.2. The molecular weight excluding hydrogens is 285 g/mol. The lowest BCUT2D eigenvalue weighted by Crippen LogP contribution is -2.15. The summed E-state index contributed by atoms with van der Waals surface area (Å²) in [5.74, 6) is -0.656. The van der Waals surface area contributed by atoms with Gasteiger partial charge < -0.3 is 5.32 Å². The molecule has 2 nitrogen and oxygen atoms in total. The van der Waals surface area contributed by atoms with Crippen molar-refractivity contribution in [3.8, 4) is 0 Å². The van der Waals surface area contributed by atoms with Gasteiger partial charge in [-0.25, -0.2) is 4.39 Å². The highest BCUT2D eigenvalue weighted by Gasteiger charge is 2.15. The van der Waals surface area contributed by atoms with Gasteiger partial charge in [0.05, 0.1) is 0 Å². The van der Waals surface area contributed by atoms with Crippen LogP contribution in [0.15, 0.2) is 41.3 Å². The molecule has 1 aliphatic rings. The van der Waals surface area contributed by atoms with Crippen LogP contribution in [0.1, 0.15) is 34.3 Å². The highest BCUT2D eigenvalue weighted by atomic mass is 32.1. The van der Waals surface area contributed by atoms with Crippen LogP contribution in [0.25, 0.3) is 0 Å². The van der Waals surface area contributed by atoms with Gasteiger partial charge in [-0.1, -0.05) is 12.1 Å². The smallest absolute Gasteiger partial charge is 0.255 e. The summed E-state index contributed by atoms with van der Waals surface area (Å²) in [5.41, 5.74) is 3.82. The first-order chi connectivity index (χ1) is 10.1. The van der Waals surface area contributed by atoms with Gasteiger partial charge in [-0.3, -0.25) is 4.79 Å². The molecule has 1 amide bonds. The summed E-state index contributed by atoms with van der Waals surface area (Å²) in [6.45, 7) is 0. The molecule has 1 N–H and O–H groups in total. The fourth-order valence-corrected chi connectivity index (χ4v) is 2.96. The average Bonchev–Trinajstić information content (AvgIpc) is 2.50. The van der Waals surface area contributed by atoms with Crippen LogP contribution in [-0.4, -0.2) is 5.91 Å². The van der Waals surface area contributed by atoms with Crippen molar-refractivity contribution in [2.24, 2.45) is 0 Å². The fraction of sp³-hybridized carbons (Fsp3) is 0.235. The van der Waals surface area contributed by atoms with Crippen molar-refractivity contribution in [2.75, 3.05) is 5.32 Å². The van der Waals surface area contributed by atoms with Crippen LogP contribution in [0.3, 0.4) is 0 Å². The predicted molar refractivity (Wildman–Crippen MR) is 84.7 cm³/mol. The van der Waals surface area contributed by atoms with E-state index in [4.69, 9.17) is 0 Å². The van der Waals surface area contributed by atoms with Crippen LogP contribution in [-0.2, 0) is 12.8 Å². The Bertz CT molecular complexity index is 699. The quantitative estimate of drug-likeness (QED) is 0.798. The molecule has 2 aromatic carbocycles. The van der Waals surface area contributed by atoms with Gasteiger partial charge in [0.1, 0.15) is 5.82 Å². The van der Waals surface area contributed by atoms with Gasteiger partial charge in [0, 0.05) is 16.1 Å². The SMILES string of the molecule is O=C(Nc1cccc2c1CCCC2)c1ccc(F)c(S)c1. The topological polar surface area (TPSA) is 29.1 Å². The predicted octanol–water partition coefficient (Wildman–Crippen LogP) is 4.25. The molecule has 0 aliphatic heterocycles. The molecule has 0 fully saturated rings. The highest BCUT2D eigenvalue weighted by Crippen LogP contribution is 2.28. The maximum absolute atomic E-state index is 13.2. The lowest BCUT2D eigenvalue weighted by Gasteiger charge is -2.19. The second kappa shape index (κ2) is 5.90. The first-order valence-corrected chi connectivity index (χ1v) is 7.50. The molecular formula is C17H16FNOS. The normalized spacial score (nSPS) is 13.6. The third kappa shape index (κ3) is 2.95. The summed E-state index contributed by atoms with van der Waals surface area (Å²) in [6.07, 6.45) is 4.41. The molecule has 0 atom stereocenters. The molecule has 0 radical (unpaired) electrons. The number of benzene rings is 2. The Labute approximate surface area is 128 Å². The zero-order chi connectivity index (χ0) is 14.8. The number of carbonyl (C=O) groups excluding carboxylic acids is 1. The van der Waals surface area contributed by atoms with Crippen molar-refractivity contribution < 1.29 is 9.18 Å². The summed E-state index contributed by atoms with van der Waals surface area (Å²) in [4.78, 5) is 12.5. The number of aryl methyl sites for hydroxylation is 1. The van der Waals surface area contributed by atoms with Gasteiger partial charge in [0.2, 0.25) is 0 Å². The molecule has 0 bridgehead atoms. The van der Waals surface area contributed by atoms with E-state index in [1.807, 2.05) is 12.1 Å². The highest BCUT2D eigenvalue weighted by molar-refractivity contribution is 7.80. The van der Waals surface area contributed by atoms with E-state index in [0.717, 1.165) is 24.9 Å². The minimum atomic E-state index is -0.424. The Hall–Kier alpha value is -1.81. The number of rotatable bonds is 2. The van der Waals surface area contributed by atoms with Crippen molar-refractivity contribution in [2.45, 2.75) is 30.6 Å². The number of anilines is 1. The van der Waals surface area contributed by atoms with E-state index >= 15 is 0 Å². The molecule has 3 rings (SSSR count). The number of nitrogens with one attached hydrogen (secondary N) is 1. The second-order valence-electron chi connectivity index (χ2n) is 5.27. The van der Waals surface area contributed by atoms with Gasteiger partial charge in [0.15, 0.2) is 0 Å². The van der Waals surface area contributed by atoms with Crippen LogP contribution in [0.5, 0.6) is 0 Å². The maximum Gasteiger partial charge on any atom is 0.255 e. The molecule has 21 heavy (non-hydrogen) atoms. The second-order valence-corrected chi connectivity index (χ2v) is 5.75. The molecule has 0 heterocycles. The largest absolute Gasteiger partial charge is 0.322 e. The first-order valence-electron chi connectivity index (χ1n) is 7.06.